The van der Waals surface area contributed by atoms with Crippen LogP contribution in [0.3, 0.4) is 0 Å². The second-order valence-electron chi connectivity index (χ2n) is 11.4. The minimum atomic E-state index is -0.733. The summed E-state index contributed by atoms with van der Waals surface area (Å²) in [6, 6.07) is 30.0. The largest absolute Gasteiger partial charge is 0.377 e. The highest BCUT2D eigenvalue weighted by Gasteiger charge is 2.34. The number of hydrogen-bond donors (Lipinski definition) is 0. The van der Waals surface area contributed by atoms with E-state index in [0.29, 0.717) is 6.61 Å². The van der Waals surface area contributed by atoms with Crippen LogP contribution in [0, 0.1) is 0 Å². The average Bonchev–Trinajstić information content (AvgIpc) is 3.01. The van der Waals surface area contributed by atoms with Gasteiger partial charge in [0.2, 0.25) is 0 Å². The van der Waals surface area contributed by atoms with E-state index in [0.717, 1.165) is 23.7 Å². The van der Waals surface area contributed by atoms with Gasteiger partial charge in [0, 0.05) is 30.9 Å². The fourth-order valence-corrected chi connectivity index (χ4v) is 10.9. The van der Waals surface area contributed by atoms with Crippen LogP contribution in [0.5, 0.6) is 0 Å². The zero-order valence-corrected chi connectivity index (χ0v) is 26.6. The van der Waals surface area contributed by atoms with Crippen molar-refractivity contribution in [2.75, 3.05) is 36.2 Å². The minimum Gasteiger partial charge on any atom is -0.377 e. The summed E-state index contributed by atoms with van der Waals surface area (Å²) in [4.78, 5) is 2.30. The van der Waals surface area contributed by atoms with E-state index in [-0.39, 0.29) is 0 Å². The summed E-state index contributed by atoms with van der Waals surface area (Å²) in [5.41, 5.74) is 4.73. The lowest BCUT2D eigenvalue weighted by Gasteiger charge is -2.28. The van der Waals surface area contributed by atoms with Gasteiger partial charge in [-0.15, -0.1) is 0 Å². The van der Waals surface area contributed by atoms with Gasteiger partial charge in [-0.2, -0.15) is 0 Å². The normalized spacial score (nSPS) is 11.6. The molecule has 218 valence electrons. The zero-order chi connectivity index (χ0) is 28.3. The zero-order valence-electron chi connectivity index (χ0n) is 25.7. The molecule has 3 aromatic carbocycles. The van der Waals surface area contributed by atoms with Crippen LogP contribution in [0.25, 0.3) is 0 Å². The van der Waals surface area contributed by atoms with Crippen LogP contribution in [0.15, 0.2) is 84.9 Å². The predicted molar refractivity (Wildman–Crippen MR) is 180 cm³/mol. The standard InChI is InChI=1S/C37H55NOP/c1-4-7-29-40(30-8-5-2,31-9-6-3)32-19-11-10-18-28-39-33-34-24-26-37(27-25-34)38(35-20-14-12-15-21-35)36-22-16-13-17-23-36/h12-17,20-27H,4-11,18-19,28-33H2,1-3H3/q+1. The van der Waals surface area contributed by atoms with Crippen LogP contribution in [-0.4, -0.2) is 31.3 Å². The monoisotopic (exact) mass is 560 g/mol. The number of anilines is 3. The first-order chi connectivity index (χ1) is 19.7. The van der Waals surface area contributed by atoms with Gasteiger partial charge in [0.1, 0.15) is 0 Å². The molecule has 0 heterocycles. The Labute approximate surface area is 246 Å². The molecule has 0 atom stereocenters. The van der Waals surface area contributed by atoms with E-state index in [9.17, 15) is 0 Å². The van der Waals surface area contributed by atoms with Gasteiger partial charge in [0.05, 0.1) is 31.3 Å². The summed E-state index contributed by atoms with van der Waals surface area (Å²) >= 11 is 0. The summed E-state index contributed by atoms with van der Waals surface area (Å²) in [5.74, 6) is 0. The van der Waals surface area contributed by atoms with E-state index in [4.69, 9.17) is 4.74 Å². The van der Waals surface area contributed by atoms with Gasteiger partial charge in [-0.25, -0.2) is 0 Å². The van der Waals surface area contributed by atoms with Crippen LogP contribution >= 0.6 is 7.26 Å². The van der Waals surface area contributed by atoms with Crippen molar-refractivity contribution in [3.63, 3.8) is 0 Å². The van der Waals surface area contributed by atoms with Crippen molar-refractivity contribution in [3.8, 4) is 0 Å². The topological polar surface area (TPSA) is 12.5 Å². The van der Waals surface area contributed by atoms with Crippen molar-refractivity contribution in [3.05, 3.63) is 90.5 Å². The third kappa shape index (κ3) is 11.0. The Bertz CT molecular complexity index is 960. The molecule has 0 aliphatic rings. The third-order valence-corrected chi connectivity index (χ3v) is 13.2. The molecule has 0 bridgehead atoms. The Hall–Kier alpha value is -2.15. The minimum absolute atomic E-state index is 0.691. The average molecular weight is 561 g/mol. The highest BCUT2D eigenvalue weighted by Crippen LogP contribution is 2.61. The van der Waals surface area contributed by atoms with E-state index >= 15 is 0 Å². The number of para-hydroxylation sites is 2. The first-order valence-electron chi connectivity index (χ1n) is 16.1. The summed E-state index contributed by atoms with van der Waals surface area (Å²) in [5, 5.41) is 0. The second-order valence-corrected chi connectivity index (χ2v) is 15.9. The van der Waals surface area contributed by atoms with Crippen molar-refractivity contribution >= 4 is 24.3 Å². The summed E-state index contributed by atoms with van der Waals surface area (Å²) in [7, 11) is -0.733. The van der Waals surface area contributed by atoms with Gasteiger partial charge in [0.25, 0.3) is 0 Å². The lowest BCUT2D eigenvalue weighted by Crippen LogP contribution is -2.13. The van der Waals surface area contributed by atoms with Crippen molar-refractivity contribution in [2.24, 2.45) is 0 Å². The van der Waals surface area contributed by atoms with Crippen LogP contribution in [-0.2, 0) is 11.3 Å². The first-order valence-corrected chi connectivity index (χ1v) is 18.7. The van der Waals surface area contributed by atoms with Crippen LogP contribution in [0.2, 0.25) is 0 Å². The molecule has 3 aromatic rings. The van der Waals surface area contributed by atoms with Gasteiger partial charge in [-0.3, -0.25) is 0 Å². The molecular formula is C37H55NOP+. The molecule has 0 aliphatic heterocycles. The fraction of sp³-hybridized carbons (Fsp3) is 0.514. The molecule has 0 spiro atoms. The van der Waals surface area contributed by atoms with E-state index in [2.05, 4.69) is 111 Å². The lowest BCUT2D eigenvalue weighted by atomic mass is 10.1. The van der Waals surface area contributed by atoms with E-state index in [1.54, 1.807) is 24.6 Å². The molecule has 0 aliphatic carbocycles. The molecule has 0 saturated carbocycles. The van der Waals surface area contributed by atoms with Crippen molar-refractivity contribution < 1.29 is 4.74 Å². The lowest BCUT2D eigenvalue weighted by molar-refractivity contribution is 0.117. The number of rotatable bonds is 21. The maximum Gasteiger partial charge on any atom is 0.0716 e. The smallest absolute Gasteiger partial charge is 0.0716 e. The van der Waals surface area contributed by atoms with Gasteiger partial charge >= 0.3 is 0 Å². The summed E-state index contributed by atoms with van der Waals surface area (Å²) in [6.07, 6.45) is 19.9. The van der Waals surface area contributed by atoms with Gasteiger partial charge in [-0.05, 0) is 80.5 Å². The molecule has 40 heavy (non-hydrogen) atoms. The SMILES string of the molecule is CCCC[P+](CCCC)(CCCC)CCCCCCOCc1ccc(N(c2ccccc2)c2ccccc2)cc1. The number of ether oxygens (including phenoxy) is 1. The van der Waals surface area contributed by atoms with Gasteiger partial charge in [0.15, 0.2) is 0 Å². The molecule has 0 saturated heterocycles. The highest BCUT2D eigenvalue weighted by molar-refractivity contribution is 7.75. The number of unbranched alkanes of at least 4 members (excludes halogenated alkanes) is 6. The summed E-state index contributed by atoms with van der Waals surface area (Å²) in [6.45, 7) is 8.66. The Balaban J connectivity index is 1.42. The molecule has 0 unspecified atom stereocenters. The van der Waals surface area contributed by atoms with Crippen LogP contribution < -0.4 is 4.90 Å². The molecular weight excluding hydrogens is 505 g/mol. The molecule has 0 N–H and O–H groups in total. The Morgan fingerprint density at radius 1 is 0.500 bits per heavy atom. The van der Waals surface area contributed by atoms with Crippen molar-refractivity contribution in [2.45, 2.75) is 91.6 Å². The maximum atomic E-state index is 6.09. The van der Waals surface area contributed by atoms with E-state index in [1.807, 2.05) is 0 Å². The number of hydrogen-bond acceptors (Lipinski definition) is 2. The van der Waals surface area contributed by atoms with Crippen LogP contribution in [0.1, 0.15) is 90.5 Å². The molecule has 0 fully saturated rings. The van der Waals surface area contributed by atoms with Crippen molar-refractivity contribution in [1.29, 1.82) is 0 Å². The molecule has 0 amide bonds. The Morgan fingerprint density at radius 3 is 1.45 bits per heavy atom. The molecule has 0 aromatic heterocycles. The van der Waals surface area contributed by atoms with Crippen LogP contribution in [0.4, 0.5) is 17.1 Å². The quantitative estimate of drug-likeness (QED) is 0.0949. The predicted octanol–water partition coefficient (Wildman–Crippen LogP) is 11.7. The molecule has 3 heteroatoms. The van der Waals surface area contributed by atoms with E-state index < -0.39 is 7.26 Å². The molecule has 2 nitrogen and oxygen atoms in total. The Kier molecular flexibility index (Phi) is 15.4. The maximum absolute atomic E-state index is 6.09. The van der Waals surface area contributed by atoms with Gasteiger partial charge in [-0.1, -0.05) is 95.0 Å². The fourth-order valence-electron chi connectivity index (χ4n) is 5.69. The van der Waals surface area contributed by atoms with E-state index in [1.165, 1.54) is 69.8 Å². The third-order valence-electron chi connectivity index (χ3n) is 8.12. The van der Waals surface area contributed by atoms with Gasteiger partial charge < -0.3 is 9.64 Å². The highest BCUT2D eigenvalue weighted by atomic mass is 31.2. The molecule has 3 rings (SSSR count). The Morgan fingerprint density at radius 2 is 0.950 bits per heavy atom. The first kappa shape index (κ1) is 32.4. The number of nitrogens with zero attached hydrogens (tertiary/aromatic N) is 1. The second kappa shape index (κ2) is 19.1. The summed E-state index contributed by atoms with van der Waals surface area (Å²) < 4.78 is 6.09. The number of benzene rings is 3. The van der Waals surface area contributed by atoms with Crippen molar-refractivity contribution in [1.82, 2.24) is 0 Å². The molecule has 0 radical (unpaired) electrons.